The van der Waals surface area contributed by atoms with Crippen molar-refractivity contribution in [3.05, 3.63) is 139 Å². The fraction of sp³-hybridized carbons (Fsp3) is 0.143. The fourth-order valence-corrected chi connectivity index (χ4v) is 5.95. The molecule has 0 fully saturated rings. The van der Waals surface area contributed by atoms with Gasteiger partial charge in [-0.1, -0.05) is 98.3 Å². The van der Waals surface area contributed by atoms with E-state index in [1.54, 1.807) is 0 Å². The van der Waals surface area contributed by atoms with Crippen LogP contribution in [0, 0.1) is 0 Å². The molecule has 2 aliphatic rings. The highest BCUT2D eigenvalue weighted by Gasteiger charge is 2.36. The van der Waals surface area contributed by atoms with Crippen LogP contribution in [-0.4, -0.2) is 20.8 Å². The van der Waals surface area contributed by atoms with Gasteiger partial charge in [0, 0.05) is 34.1 Å². The third-order valence-corrected chi connectivity index (χ3v) is 7.79. The van der Waals surface area contributed by atoms with Crippen LogP contribution < -0.4 is 4.90 Å². The third kappa shape index (κ3) is 4.09. The van der Waals surface area contributed by atoms with Crippen LogP contribution in [0.25, 0.3) is 28.5 Å². The fourth-order valence-electron chi connectivity index (χ4n) is 5.95. The van der Waals surface area contributed by atoms with E-state index in [2.05, 4.69) is 131 Å². The van der Waals surface area contributed by atoms with Gasteiger partial charge in [0.2, 0.25) is 0 Å². The van der Waals surface area contributed by atoms with Crippen molar-refractivity contribution in [3.8, 4) is 28.5 Å². The molecule has 0 saturated carbocycles. The smallest absolute Gasteiger partial charge is 0.168 e. The molecule has 4 nitrogen and oxygen atoms in total. The molecule has 1 aliphatic heterocycles. The summed E-state index contributed by atoms with van der Waals surface area (Å²) in [6.45, 7) is 2.21. The Morgan fingerprint density at radius 3 is 2.03 bits per heavy atom. The molecule has 0 radical (unpaired) electrons. The molecule has 2 atom stereocenters. The number of aromatic nitrogens is 3. The molecule has 0 bridgehead atoms. The molecule has 5 aromatic rings. The van der Waals surface area contributed by atoms with Crippen molar-refractivity contribution in [2.24, 2.45) is 0 Å². The van der Waals surface area contributed by atoms with Gasteiger partial charge in [0.1, 0.15) is 0 Å². The minimum absolute atomic E-state index is 0.285. The summed E-state index contributed by atoms with van der Waals surface area (Å²) in [5.41, 5.74) is 8.32. The number of fused-ring (bicyclic) bond motifs is 3. The lowest BCUT2D eigenvalue weighted by molar-refractivity contribution is 0.745. The first-order chi connectivity index (χ1) is 19.3. The van der Waals surface area contributed by atoms with Crippen molar-refractivity contribution in [2.45, 2.75) is 31.7 Å². The van der Waals surface area contributed by atoms with E-state index in [-0.39, 0.29) is 6.04 Å². The first-order valence-corrected chi connectivity index (χ1v) is 13.8. The predicted octanol–water partition coefficient (Wildman–Crippen LogP) is 8.28. The highest BCUT2D eigenvalue weighted by Crippen LogP contribution is 2.47. The molecule has 0 amide bonds. The van der Waals surface area contributed by atoms with E-state index in [9.17, 15) is 0 Å². The number of nitrogens with zero attached hydrogens (tertiary/aromatic N) is 4. The van der Waals surface area contributed by atoms with Crippen LogP contribution in [0.2, 0.25) is 0 Å². The molecule has 1 aromatic heterocycles. The molecule has 0 saturated heterocycles. The van der Waals surface area contributed by atoms with E-state index < -0.39 is 0 Å². The number of hydrogen-bond acceptors (Lipinski definition) is 3. The van der Waals surface area contributed by atoms with E-state index in [0.717, 1.165) is 41.3 Å². The summed E-state index contributed by atoms with van der Waals surface area (Å²) < 4.78 is 2.18. The van der Waals surface area contributed by atoms with Gasteiger partial charge in [-0.3, -0.25) is 4.57 Å². The van der Waals surface area contributed by atoms with Crippen LogP contribution >= 0.6 is 0 Å². The van der Waals surface area contributed by atoms with Crippen molar-refractivity contribution >= 4 is 11.4 Å². The van der Waals surface area contributed by atoms with Crippen LogP contribution in [0.4, 0.5) is 11.4 Å². The summed E-state index contributed by atoms with van der Waals surface area (Å²) in [4.78, 5) is 2.45. The normalized spacial score (nSPS) is 17.3. The summed E-state index contributed by atoms with van der Waals surface area (Å²) in [5.74, 6) is 2.05. The van der Waals surface area contributed by atoms with Crippen LogP contribution in [0.15, 0.2) is 127 Å². The lowest BCUT2D eigenvalue weighted by atomic mass is 9.91. The van der Waals surface area contributed by atoms with Gasteiger partial charge in [-0.05, 0) is 60.0 Å². The van der Waals surface area contributed by atoms with E-state index in [0.29, 0.717) is 5.92 Å². The maximum atomic E-state index is 4.71. The zero-order valence-corrected chi connectivity index (χ0v) is 22.0. The standard InChI is InChI=1S/C35H30N4/c1-2-10-25-17-21-29(22-18-25)39-34(26-11-4-3-5-12-26)36-37-35(39)27-19-23-28(24-20-27)38-32-15-8-6-13-30(32)31-14-7-9-16-33(31)38/h3-9,11-24,30,32H,2,10H2,1H3. The SMILES string of the molecule is CCCc1ccc(-n2c(-c3ccccc3)nnc2-c2ccc(N3c4ccccc4C4C=CC=CC43)cc2)cc1. The third-order valence-electron chi connectivity index (χ3n) is 7.79. The van der Waals surface area contributed by atoms with Gasteiger partial charge in [0.25, 0.3) is 0 Å². The van der Waals surface area contributed by atoms with Gasteiger partial charge in [0.15, 0.2) is 11.6 Å². The number of aryl methyl sites for hydroxylation is 1. The van der Waals surface area contributed by atoms with Crippen LogP contribution in [-0.2, 0) is 6.42 Å². The molecule has 39 heavy (non-hydrogen) atoms. The highest BCUT2D eigenvalue weighted by molar-refractivity contribution is 5.77. The molecule has 1 aliphatic carbocycles. The number of hydrogen-bond donors (Lipinski definition) is 0. The minimum atomic E-state index is 0.285. The molecule has 2 heterocycles. The zero-order chi connectivity index (χ0) is 26.2. The molecule has 2 unspecified atom stereocenters. The second-order valence-corrected chi connectivity index (χ2v) is 10.2. The summed E-state index contributed by atoms with van der Waals surface area (Å²) in [6.07, 6.45) is 11.2. The average molecular weight is 507 g/mol. The first-order valence-electron chi connectivity index (χ1n) is 13.8. The van der Waals surface area contributed by atoms with Gasteiger partial charge in [0.05, 0.1) is 6.04 Å². The molecule has 0 N–H and O–H groups in total. The first kappa shape index (κ1) is 23.4. The van der Waals surface area contributed by atoms with E-state index in [4.69, 9.17) is 5.10 Å². The molecular weight excluding hydrogens is 476 g/mol. The van der Waals surface area contributed by atoms with Crippen molar-refractivity contribution < 1.29 is 0 Å². The van der Waals surface area contributed by atoms with Crippen molar-refractivity contribution in [2.75, 3.05) is 4.90 Å². The van der Waals surface area contributed by atoms with Crippen LogP contribution in [0.3, 0.4) is 0 Å². The Morgan fingerprint density at radius 2 is 1.28 bits per heavy atom. The molecule has 4 aromatic carbocycles. The Hall–Kier alpha value is -4.70. The number of para-hydroxylation sites is 1. The summed E-state index contributed by atoms with van der Waals surface area (Å²) >= 11 is 0. The molecular formula is C35H30N4. The molecule has 7 rings (SSSR count). The van der Waals surface area contributed by atoms with Gasteiger partial charge < -0.3 is 4.90 Å². The maximum absolute atomic E-state index is 4.71. The van der Waals surface area contributed by atoms with E-state index in [1.165, 1.54) is 22.5 Å². The largest absolute Gasteiger partial charge is 0.333 e. The minimum Gasteiger partial charge on any atom is -0.333 e. The Balaban J connectivity index is 1.30. The van der Waals surface area contributed by atoms with Crippen molar-refractivity contribution in [3.63, 3.8) is 0 Å². The average Bonchev–Trinajstić information content (AvgIpc) is 3.59. The number of rotatable bonds is 6. The molecule has 190 valence electrons. The molecule has 4 heteroatoms. The van der Waals surface area contributed by atoms with Crippen LogP contribution in [0.5, 0.6) is 0 Å². The highest BCUT2D eigenvalue weighted by atomic mass is 15.3. The van der Waals surface area contributed by atoms with E-state index in [1.807, 2.05) is 18.2 Å². The van der Waals surface area contributed by atoms with Crippen molar-refractivity contribution in [1.82, 2.24) is 14.8 Å². The number of anilines is 2. The van der Waals surface area contributed by atoms with Crippen molar-refractivity contribution in [1.29, 1.82) is 0 Å². The van der Waals surface area contributed by atoms with E-state index >= 15 is 0 Å². The Bertz CT molecular complexity index is 1660. The number of allylic oxidation sites excluding steroid dienone is 2. The lowest BCUT2D eigenvalue weighted by Gasteiger charge is -2.28. The second-order valence-electron chi connectivity index (χ2n) is 10.2. The molecule has 0 spiro atoms. The van der Waals surface area contributed by atoms with Gasteiger partial charge in [-0.15, -0.1) is 10.2 Å². The summed E-state index contributed by atoms with van der Waals surface area (Å²) in [5, 5.41) is 9.37. The quantitative estimate of drug-likeness (QED) is 0.232. The Morgan fingerprint density at radius 1 is 0.641 bits per heavy atom. The summed E-state index contributed by atoms with van der Waals surface area (Å²) in [7, 11) is 0. The number of benzene rings is 4. The summed E-state index contributed by atoms with van der Waals surface area (Å²) in [6, 6.07) is 36.9. The van der Waals surface area contributed by atoms with Gasteiger partial charge in [-0.25, -0.2) is 0 Å². The van der Waals surface area contributed by atoms with Gasteiger partial charge >= 0.3 is 0 Å². The van der Waals surface area contributed by atoms with Crippen LogP contribution in [0.1, 0.15) is 30.4 Å². The Labute approximate surface area is 229 Å². The zero-order valence-electron chi connectivity index (χ0n) is 22.0. The topological polar surface area (TPSA) is 34.0 Å². The van der Waals surface area contributed by atoms with Gasteiger partial charge in [-0.2, -0.15) is 0 Å². The lowest BCUT2D eigenvalue weighted by Crippen LogP contribution is -2.28. The maximum Gasteiger partial charge on any atom is 0.168 e. The monoisotopic (exact) mass is 506 g/mol. The Kier molecular flexibility index (Phi) is 5.93. The second kappa shape index (κ2) is 9.88. The predicted molar refractivity (Wildman–Crippen MR) is 160 cm³/mol.